The molecule has 1 aliphatic carbocycles. The fourth-order valence-electron chi connectivity index (χ4n) is 4.55. The third kappa shape index (κ3) is 4.64. The van der Waals surface area contributed by atoms with E-state index in [0.29, 0.717) is 12.1 Å². The van der Waals surface area contributed by atoms with Gasteiger partial charge >= 0.3 is 12.0 Å². The number of imide groups is 1. The fourth-order valence-corrected chi connectivity index (χ4v) is 4.55. The van der Waals surface area contributed by atoms with Crippen LogP contribution < -0.4 is 10.6 Å². The van der Waals surface area contributed by atoms with Crippen molar-refractivity contribution < 1.29 is 23.9 Å². The van der Waals surface area contributed by atoms with Crippen LogP contribution in [0.15, 0.2) is 24.3 Å². The van der Waals surface area contributed by atoms with Crippen molar-refractivity contribution in [1.29, 1.82) is 0 Å². The minimum absolute atomic E-state index is 0.00371. The van der Waals surface area contributed by atoms with Gasteiger partial charge in [-0.05, 0) is 49.7 Å². The summed E-state index contributed by atoms with van der Waals surface area (Å²) in [6.07, 6.45) is 3.13. The Morgan fingerprint density at radius 1 is 1.25 bits per heavy atom. The van der Waals surface area contributed by atoms with E-state index in [1.54, 1.807) is 0 Å². The van der Waals surface area contributed by atoms with Gasteiger partial charge in [-0.25, -0.2) is 4.79 Å². The van der Waals surface area contributed by atoms with Crippen LogP contribution >= 0.6 is 0 Å². The Balaban J connectivity index is 1.60. The van der Waals surface area contributed by atoms with Crippen molar-refractivity contribution in [3.05, 3.63) is 29.8 Å². The summed E-state index contributed by atoms with van der Waals surface area (Å²) in [5.74, 6) is -1.38. The summed E-state index contributed by atoms with van der Waals surface area (Å²) >= 11 is 0. The minimum atomic E-state index is -1.07. The molecule has 8 nitrogen and oxygen atoms in total. The summed E-state index contributed by atoms with van der Waals surface area (Å²) in [5.41, 5.74) is 0.753. The summed E-state index contributed by atoms with van der Waals surface area (Å²) in [6, 6.07) is 6.93. The molecule has 4 atom stereocenters. The topological polar surface area (TPSA) is 105 Å². The molecule has 174 valence electrons. The first-order valence-electron chi connectivity index (χ1n) is 11.4. The first-order chi connectivity index (χ1) is 15.2. The zero-order valence-electron chi connectivity index (χ0n) is 19.3. The third-order valence-electron chi connectivity index (χ3n) is 6.83. The van der Waals surface area contributed by atoms with E-state index >= 15 is 0 Å². The molecular formula is C24H33N3O5. The van der Waals surface area contributed by atoms with Crippen LogP contribution in [0.2, 0.25) is 0 Å². The van der Waals surface area contributed by atoms with Crippen molar-refractivity contribution in [3.8, 4) is 0 Å². The molecule has 2 aliphatic rings. The van der Waals surface area contributed by atoms with Crippen molar-refractivity contribution in [1.82, 2.24) is 10.2 Å². The molecule has 3 rings (SSSR count). The highest BCUT2D eigenvalue weighted by molar-refractivity contribution is 6.09. The van der Waals surface area contributed by atoms with Crippen LogP contribution in [0.4, 0.5) is 10.5 Å². The Kier molecular flexibility index (Phi) is 7.21. The number of ether oxygens (including phenoxy) is 1. The molecule has 8 heteroatoms. The molecule has 4 amide bonds. The maximum atomic E-state index is 13.0. The molecule has 1 aliphatic heterocycles. The van der Waals surface area contributed by atoms with Gasteiger partial charge in [0.2, 0.25) is 0 Å². The molecular weight excluding hydrogens is 410 g/mol. The Morgan fingerprint density at radius 3 is 2.66 bits per heavy atom. The summed E-state index contributed by atoms with van der Waals surface area (Å²) in [7, 11) is 0. The quantitative estimate of drug-likeness (QED) is 0.495. The predicted octanol–water partition coefficient (Wildman–Crippen LogP) is 3.57. The standard InChI is InChI=1S/C24H33N3O5/c1-5-15(2)18-11-6-7-12-19(18)25-21(29)17(4)32-20(28)14-27-22(30)24(26-23(27)31)13-9-8-10-16(24)3/h6-7,11-12,15-17H,5,8-10,13-14H2,1-4H3,(H,25,29)(H,26,31)/t15-,16+,17-,24-/m0/s1. The number of hydrogen-bond acceptors (Lipinski definition) is 5. The fraction of sp³-hybridized carbons (Fsp3) is 0.583. The van der Waals surface area contributed by atoms with Crippen molar-refractivity contribution in [3.63, 3.8) is 0 Å². The molecule has 0 bridgehead atoms. The summed E-state index contributed by atoms with van der Waals surface area (Å²) < 4.78 is 5.25. The van der Waals surface area contributed by atoms with Crippen molar-refractivity contribution >= 4 is 29.5 Å². The minimum Gasteiger partial charge on any atom is -0.451 e. The lowest BCUT2D eigenvalue weighted by molar-refractivity contribution is -0.155. The Hall–Kier alpha value is -2.90. The van der Waals surface area contributed by atoms with Gasteiger partial charge in [-0.2, -0.15) is 0 Å². The van der Waals surface area contributed by atoms with Gasteiger partial charge in [0.1, 0.15) is 12.1 Å². The van der Waals surface area contributed by atoms with Crippen molar-refractivity contribution in [2.45, 2.75) is 77.4 Å². The van der Waals surface area contributed by atoms with Gasteiger partial charge in [-0.1, -0.05) is 51.8 Å². The van der Waals surface area contributed by atoms with Crippen LogP contribution in [0, 0.1) is 5.92 Å². The number of rotatable bonds is 7. The van der Waals surface area contributed by atoms with Crippen LogP contribution in [-0.4, -0.2) is 46.9 Å². The molecule has 2 N–H and O–H groups in total. The maximum Gasteiger partial charge on any atom is 0.327 e. The van der Waals surface area contributed by atoms with E-state index in [1.165, 1.54) is 6.92 Å². The second-order valence-corrected chi connectivity index (χ2v) is 8.96. The summed E-state index contributed by atoms with van der Waals surface area (Å²) in [5, 5.41) is 5.62. The number of carbonyl (C=O) groups excluding carboxylic acids is 4. The zero-order valence-corrected chi connectivity index (χ0v) is 19.3. The molecule has 2 fully saturated rings. The molecule has 32 heavy (non-hydrogen) atoms. The Bertz CT molecular complexity index is 901. The van der Waals surface area contributed by atoms with Crippen LogP contribution in [0.1, 0.15) is 71.3 Å². The van der Waals surface area contributed by atoms with Crippen LogP contribution in [0.3, 0.4) is 0 Å². The van der Waals surface area contributed by atoms with Crippen LogP contribution in [0.5, 0.6) is 0 Å². The number of anilines is 1. The molecule has 1 aromatic rings. The average Bonchev–Trinajstić information content (AvgIpc) is 3.00. The number of nitrogens with zero attached hydrogens (tertiary/aromatic N) is 1. The zero-order chi connectivity index (χ0) is 23.5. The predicted molar refractivity (Wildman–Crippen MR) is 120 cm³/mol. The van der Waals surface area contributed by atoms with Crippen LogP contribution in [0.25, 0.3) is 0 Å². The second-order valence-electron chi connectivity index (χ2n) is 8.96. The Labute approximate surface area is 189 Å². The lowest BCUT2D eigenvalue weighted by Crippen LogP contribution is -2.54. The molecule has 1 heterocycles. The van der Waals surface area contributed by atoms with E-state index < -0.39 is 36.1 Å². The van der Waals surface area contributed by atoms with Gasteiger partial charge < -0.3 is 15.4 Å². The normalized spacial score (nSPS) is 24.8. The van der Waals surface area contributed by atoms with Gasteiger partial charge in [0.15, 0.2) is 6.10 Å². The Morgan fingerprint density at radius 2 is 1.97 bits per heavy atom. The third-order valence-corrected chi connectivity index (χ3v) is 6.83. The van der Waals surface area contributed by atoms with Gasteiger partial charge in [-0.15, -0.1) is 0 Å². The molecule has 0 unspecified atom stereocenters. The number of esters is 1. The SMILES string of the molecule is CC[C@H](C)c1ccccc1NC(=O)[C@H](C)OC(=O)CN1C(=O)N[C@]2(CCCC[C@H]2C)C1=O. The van der Waals surface area contributed by atoms with E-state index in [1.807, 2.05) is 31.2 Å². The van der Waals surface area contributed by atoms with Gasteiger partial charge in [0, 0.05) is 5.69 Å². The van der Waals surface area contributed by atoms with Gasteiger partial charge in [-0.3, -0.25) is 19.3 Å². The average molecular weight is 444 g/mol. The number of carbonyl (C=O) groups is 4. The molecule has 1 spiro atoms. The van der Waals surface area contributed by atoms with Crippen molar-refractivity contribution in [2.24, 2.45) is 5.92 Å². The molecule has 0 radical (unpaired) electrons. The van der Waals surface area contributed by atoms with Crippen molar-refractivity contribution in [2.75, 3.05) is 11.9 Å². The highest BCUT2D eigenvalue weighted by Gasteiger charge is 2.55. The lowest BCUT2D eigenvalue weighted by Gasteiger charge is -2.36. The highest BCUT2D eigenvalue weighted by atomic mass is 16.5. The second kappa shape index (κ2) is 9.71. The first-order valence-corrected chi connectivity index (χ1v) is 11.4. The van der Waals surface area contributed by atoms with E-state index in [-0.39, 0.29) is 17.7 Å². The van der Waals surface area contributed by atoms with E-state index in [0.717, 1.165) is 36.1 Å². The van der Waals surface area contributed by atoms with Crippen LogP contribution in [-0.2, 0) is 19.1 Å². The summed E-state index contributed by atoms with van der Waals surface area (Å²) in [6.45, 7) is 7.05. The number of benzene rings is 1. The molecule has 0 aromatic heterocycles. The number of para-hydroxylation sites is 1. The molecule has 1 saturated carbocycles. The van der Waals surface area contributed by atoms with Gasteiger partial charge in [0.25, 0.3) is 11.8 Å². The first kappa shape index (κ1) is 23.8. The number of urea groups is 1. The lowest BCUT2D eigenvalue weighted by atomic mass is 9.73. The number of nitrogens with one attached hydrogen (secondary N) is 2. The maximum absolute atomic E-state index is 13.0. The van der Waals surface area contributed by atoms with E-state index in [9.17, 15) is 19.2 Å². The van der Waals surface area contributed by atoms with Gasteiger partial charge in [0.05, 0.1) is 0 Å². The number of amides is 4. The largest absolute Gasteiger partial charge is 0.451 e. The monoisotopic (exact) mass is 443 g/mol. The number of hydrogen-bond donors (Lipinski definition) is 2. The smallest absolute Gasteiger partial charge is 0.327 e. The van der Waals surface area contributed by atoms with E-state index in [2.05, 4.69) is 24.5 Å². The molecule has 1 saturated heterocycles. The highest BCUT2D eigenvalue weighted by Crippen LogP contribution is 2.38. The van der Waals surface area contributed by atoms with E-state index in [4.69, 9.17) is 4.74 Å². The molecule has 1 aromatic carbocycles. The summed E-state index contributed by atoms with van der Waals surface area (Å²) in [4.78, 5) is 51.4.